The molecule has 0 saturated carbocycles. The molecule has 0 radical (unpaired) electrons. The number of hydrogen-bond acceptors (Lipinski definition) is 1. The fraction of sp³-hybridized carbons (Fsp3) is 0.333. The van der Waals surface area contributed by atoms with Crippen molar-refractivity contribution in [2.75, 3.05) is 6.61 Å². The maximum absolute atomic E-state index is 5.73. The smallest absolute Gasteiger partial charge is 0.0822 e. The molecule has 16 heavy (non-hydrogen) atoms. The van der Waals surface area contributed by atoms with Gasteiger partial charge in [0.15, 0.2) is 0 Å². The molecule has 2 aromatic carbocycles. The van der Waals surface area contributed by atoms with E-state index < -0.39 is 0 Å². The van der Waals surface area contributed by atoms with Crippen LogP contribution < -0.4 is 0 Å². The second kappa shape index (κ2) is 5.13. The molecule has 0 spiro atoms. The second-order valence-corrected chi connectivity index (χ2v) is 3.96. The van der Waals surface area contributed by atoms with Crippen molar-refractivity contribution in [3.63, 3.8) is 0 Å². The number of ether oxygens (including phenoxy) is 1. The van der Waals surface area contributed by atoms with E-state index in [4.69, 9.17) is 4.74 Å². The van der Waals surface area contributed by atoms with Gasteiger partial charge in [0, 0.05) is 6.61 Å². The van der Waals surface area contributed by atoms with Crippen LogP contribution in [0.15, 0.2) is 42.5 Å². The topological polar surface area (TPSA) is 9.23 Å². The van der Waals surface area contributed by atoms with E-state index in [1.54, 1.807) is 0 Å². The minimum absolute atomic E-state index is 0.231. The third kappa shape index (κ3) is 2.25. The van der Waals surface area contributed by atoms with E-state index in [-0.39, 0.29) is 6.10 Å². The third-order valence-corrected chi connectivity index (χ3v) is 2.88. The SMILES string of the molecule is CCOC(CC)c1ccc2ccccc2c1. The van der Waals surface area contributed by atoms with Crippen molar-refractivity contribution in [2.45, 2.75) is 26.4 Å². The Balaban J connectivity index is 2.37. The van der Waals surface area contributed by atoms with Gasteiger partial charge >= 0.3 is 0 Å². The van der Waals surface area contributed by atoms with Gasteiger partial charge in [-0.15, -0.1) is 0 Å². The number of fused-ring (bicyclic) bond motifs is 1. The van der Waals surface area contributed by atoms with E-state index in [2.05, 4.69) is 49.4 Å². The molecule has 0 aliphatic rings. The molecule has 1 nitrogen and oxygen atoms in total. The molecule has 0 aromatic heterocycles. The molecule has 1 unspecified atom stereocenters. The van der Waals surface area contributed by atoms with Crippen molar-refractivity contribution in [1.82, 2.24) is 0 Å². The van der Waals surface area contributed by atoms with Crippen molar-refractivity contribution < 1.29 is 4.74 Å². The molecule has 1 heteroatoms. The lowest BCUT2D eigenvalue weighted by Crippen LogP contribution is -2.02. The molecule has 2 rings (SSSR count). The molecule has 0 amide bonds. The highest BCUT2D eigenvalue weighted by Gasteiger charge is 2.08. The number of rotatable bonds is 4. The zero-order valence-electron chi connectivity index (χ0n) is 9.94. The predicted octanol–water partition coefficient (Wildman–Crippen LogP) is 4.33. The summed E-state index contributed by atoms with van der Waals surface area (Å²) in [5.74, 6) is 0. The standard InChI is InChI=1S/C15H18O/c1-3-15(16-4-2)14-10-9-12-7-5-6-8-13(12)11-14/h5-11,15H,3-4H2,1-2H3. The Hall–Kier alpha value is -1.34. The molecule has 0 aliphatic carbocycles. The van der Waals surface area contributed by atoms with Gasteiger partial charge in [0.1, 0.15) is 0 Å². The summed E-state index contributed by atoms with van der Waals surface area (Å²) in [5.41, 5.74) is 1.28. The average Bonchev–Trinajstić information content (AvgIpc) is 2.35. The van der Waals surface area contributed by atoms with Gasteiger partial charge in [-0.25, -0.2) is 0 Å². The maximum Gasteiger partial charge on any atom is 0.0822 e. The molecule has 0 bridgehead atoms. The van der Waals surface area contributed by atoms with E-state index in [0.29, 0.717) is 0 Å². The van der Waals surface area contributed by atoms with Gasteiger partial charge in [-0.2, -0.15) is 0 Å². The van der Waals surface area contributed by atoms with Crippen LogP contribution in [-0.2, 0) is 4.74 Å². The maximum atomic E-state index is 5.73. The third-order valence-electron chi connectivity index (χ3n) is 2.88. The van der Waals surface area contributed by atoms with Crippen molar-refractivity contribution >= 4 is 10.8 Å². The minimum Gasteiger partial charge on any atom is -0.374 e. The average molecular weight is 214 g/mol. The highest BCUT2D eigenvalue weighted by Crippen LogP contribution is 2.24. The van der Waals surface area contributed by atoms with Gasteiger partial charge in [0.05, 0.1) is 6.10 Å². The summed E-state index contributed by atoms with van der Waals surface area (Å²) in [6.45, 7) is 4.98. The summed E-state index contributed by atoms with van der Waals surface area (Å²) in [5, 5.41) is 2.58. The Labute approximate surface area is 97.1 Å². The zero-order valence-corrected chi connectivity index (χ0v) is 9.94. The highest BCUT2D eigenvalue weighted by molar-refractivity contribution is 5.83. The lowest BCUT2D eigenvalue weighted by atomic mass is 10.0. The van der Waals surface area contributed by atoms with Crippen molar-refractivity contribution in [2.24, 2.45) is 0 Å². The second-order valence-electron chi connectivity index (χ2n) is 3.96. The summed E-state index contributed by atoms with van der Waals surface area (Å²) >= 11 is 0. The van der Waals surface area contributed by atoms with Gasteiger partial charge in [0.25, 0.3) is 0 Å². The van der Waals surface area contributed by atoms with E-state index >= 15 is 0 Å². The fourth-order valence-electron chi connectivity index (χ4n) is 2.06. The number of benzene rings is 2. The highest BCUT2D eigenvalue weighted by atomic mass is 16.5. The van der Waals surface area contributed by atoms with Crippen LogP contribution in [-0.4, -0.2) is 6.61 Å². The van der Waals surface area contributed by atoms with E-state index in [1.165, 1.54) is 16.3 Å². The Morgan fingerprint density at radius 2 is 1.75 bits per heavy atom. The van der Waals surface area contributed by atoms with Crippen molar-refractivity contribution in [3.8, 4) is 0 Å². The first-order chi connectivity index (χ1) is 7.85. The first-order valence-corrected chi connectivity index (χ1v) is 5.95. The van der Waals surface area contributed by atoms with E-state index in [0.717, 1.165) is 13.0 Å². The largest absolute Gasteiger partial charge is 0.374 e. The first-order valence-electron chi connectivity index (χ1n) is 5.95. The van der Waals surface area contributed by atoms with Gasteiger partial charge < -0.3 is 4.74 Å². The van der Waals surface area contributed by atoms with Gasteiger partial charge in [-0.3, -0.25) is 0 Å². The Morgan fingerprint density at radius 1 is 1.00 bits per heavy atom. The summed E-state index contributed by atoms with van der Waals surface area (Å²) in [6.07, 6.45) is 1.25. The Kier molecular flexibility index (Phi) is 3.58. The predicted molar refractivity (Wildman–Crippen MR) is 68.6 cm³/mol. The van der Waals surface area contributed by atoms with Crippen LogP contribution in [0.4, 0.5) is 0 Å². The molecule has 0 N–H and O–H groups in total. The van der Waals surface area contributed by atoms with Crippen LogP contribution in [0.1, 0.15) is 31.9 Å². The van der Waals surface area contributed by atoms with E-state index in [1.807, 2.05) is 6.92 Å². The Morgan fingerprint density at radius 3 is 2.44 bits per heavy atom. The van der Waals surface area contributed by atoms with Crippen LogP contribution in [0.5, 0.6) is 0 Å². The monoisotopic (exact) mass is 214 g/mol. The molecule has 0 aliphatic heterocycles. The van der Waals surface area contributed by atoms with Gasteiger partial charge in [0.2, 0.25) is 0 Å². The van der Waals surface area contributed by atoms with Crippen LogP contribution in [0.2, 0.25) is 0 Å². The number of hydrogen-bond donors (Lipinski definition) is 0. The van der Waals surface area contributed by atoms with Crippen molar-refractivity contribution in [3.05, 3.63) is 48.0 Å². The normalized spacial score (nSPS) is 12.9. The summed E-state index contributed by atoms with van der Waals surface area (Å²) in [4.78, 5) is 0. The summed E-state index contributed by atoms with van der Waals surface area (Å²) in [6, 6.07) is 15.0. The van der Waals surface area contributed by atoms with Gasteiger partial charge in [-0.1, -0.05) is 43.3 Å². The molecule has 2 aromatic rings. The van der Waals surface area contributed by atoms with Crippen LogP contribution in [0, 0.1) is 0 Å². The lowest BCUT2D eigenvalue weighted by molar-refractivity contribution is 0.0599. The summed E-state index contributed by atoms with van der Waals surface area (Å²) < 4.78 is 5.73. The molecule has 0 saturated heterocycles. The van der Waals surface area contributed by atoms with Crippen LogP contribution in [0.25, 0.3) is 10.8 Å². The first kappa shape index (κ1) is 11.2. The quantitative estimate of drug-likeness (QED) is 0.736. The fourth-order valence-corrected chi connectivity index (χ4v) is 2.06. The van der Waals surface area contributed by atoms with E-state index in [9.17, 15) is 0 Å². The molecule has 0 heterocycles. The zero-order chi connectivity index (χ0) is 11.4. The molecular formula is C15H18O. The Bertz CT molecular complexity index is 462. The minimum atomic E-state index is 0.231. The molecule has 1 atom stereocenters. The van der Waals surface area contributed by atoms with Crippen molar-refractivity contribution in [1.29, 1.82) is 0 Å². The molecular weight excluding hydrogens is 196 g/mol. The van der Waals surface area contributed by atoms with Crippen LogP contribution in [0.3, 0.4) is 0 Å². The summed E-state index contributed by atoms with van der Waals surface area (Å²) in [7, 11) is 0. The lowest BCUT2D eigenvalue weighted by Gasteiger charge is -2.15. The molecule has 0 fully saturated rings. The molecule has 84 valence electrons. The van der Waals surface area contributed by atoms with Crippen LogP contribution >= 0.6 is 0 Å². The van der Waals surface area contributed by atoms with Gasteiger partial charge in [-0.05, 0) is 35.7 Å².